The zero-order valence-electron chi connectivity index (χ0n) is 8.92. The molecule has 0 aliphatic heterocycles. The standard InChI is InChI=1S/C11H9N5O/c12-6-9-13-3-4-16(9)8-5-10(17)15-11(14-8)7-1-2-7/h3-5,7H,1-2H2,(H,14,15,17). The first kappa shape index (κ1) is 9.78. The van der Waals surface area contributed by atoms with Gasteiger partial charge in [0.1, 0.15) is 17.7 Å². The van der Waals surface area contributed by atoms with Crippen molar-refractivity contribution in [1.29, 1.82) is 5.26 Å². The molecule has 0 atom stereocenters. The lowest BCUT2D eigenvalue weighted by molar-refractivity contribution is 0.858. The van der Waals surface area contributed by atoms with E-state index in [1.807, 2.05) is 6.07 Å². The quantitative estimate of drug-likeness (QED) is 0.818. The van der Waals surface area contributed by atoms with E-state index in [0.29, 0.717) is 17.6 Å². The molecule has 1 aliphatic carbocycles. The molecule has 1 N–H and O–H groups in total. The summed E-state index contributed by atoms with van der Waals surface area (Å²) in [6.07, 6.45) is 5.25. The molecule has 6 heteroatoms. The molecule has 84 valence electrons. The van der Waals surface area contributed by atoms with Crippen molar-refractivity contribution in [2.45, 2.75) is 18.8 Å². The molecule has 0 saturated heterocycles. The Bertz CT molecular complexity index is 659. The number of hydrogen-bond acceptors (Lipinski definition) is 4. The third kappa shape index (κ3) is 1.72. The maximum Gasteiger partial charge on any atom is 0.253 e. The molecular formula is C11H9N5O. The minimum atomic E-state index is -0.200. The zero-order valence-corrected chi connectivity index (χ0v) is 8.92. The third-order valence-electron chi connectivity index (χ3n) is 2.70. The van der Waals surface area contributed by atoms with Crippen LogP contribution in [-0.2, 0) is 0 Å². The molecule has 2 heterocycles. The van der Waals surface area contributed by atoms with Gasteiger partial charge in [-0.1, -0.05) is 0 Å². The predicted molar refractivity (Wildman–Crippen MR) is 58.7 cm³/mol. The number of aromatic amines is 1. The monoisotopic (exact) mass is 227 g/mol. The van der Waals surface area contributed by atoms with Crippen molar-refractivity contribution < 1.29 is 0 Å². The van der Waals surface area contributed by atoms with Crippen LogP contribution < -0.4 is 5.56 Å². The molecule has 0 spiro atoms. The van der Waals surface area contributed by atoms with Gasteiger partial charge in [0.05, 0.1) is 0 Å². The van der Waals surface area contributed by atoms with Gasteiger partial charge in [-0.2, -0.15) is 5.26 Å². The first-order valence-electron chi connectivity index (χ1n) is 5.33. The van der Waals surface area contributed by atoms with E-state index >= 15 is 0 Å². The van der Waals surface area contributed by atoms with Crippen LogP contribution >= 0.6 is 0 Å². The highest BCUT2D eigenvalue weighted by Crippen LogP contribution is 2.37. The van der Waals surface area contributed by atoms with Crippen LogP contribution in [0.25, 0.3) is 5.82 Å². The Kier molecular flexibility index (Phi) is 2.05. The summed E-state index contributed by atoms with van der Waals surface area (Å²) in [7, 11) is 0. The van der Waals surface area contributed by atoms with Crippen molar-refractivity contribution in [3.63, 3.8) is 0 Å². The van der Waals surface area contributed by atoms with E-state index in [4.69, 9.17) is 5.26 Å². The highest BCUT2D eigenvalue weighted by molar-refractivity contribution is 5.29. The van der Waals surface area contributed by atoms with Crippen LogP contribution in [0.4, 0.5) is 0 Å². The van der Waals surface area contributed by atoms with Gasteiger partial charge in [0.15, 0.2) is 0 Å². The summed E-state index contributed by atoms with van der Waals surface area (Å²) < 4.78 is 1.52. The van der Waals surface area contributed by atoms with Crippen molar-refractivity contribution in [2.24, 2.45) is 0 Å². The van der Waals surface area contributed by atoms with Crippen LogP contribution in [0.2, 0.25) is 0 Å². The first-order chi connectivity index (χ1) is 8.28. The molecule has 3 rings (SSSR count). The van der Waals surface area contributed by atoms with Gasteiger partial charge in [0.2, 0.25) is 5.82 Å². The lowest BCUT2D eigenvalue weighted by Crippen LogP contribution is -2.13. The van der Waals surface area contributed by atoms with Crippen LogP contribution in [0.3, 0.4) is 0 Å². The van der Waals surface area contributed by atoms with Crippen LogP contribution in [0.1, 0.15) is 30.4 Å². The van der Waals surface area contributed by atoms with E-state index in [2.05, 4.69) is 15.0 Å². The molecule has 0 aromatic carbocycles. The Balaban J connectivity index is 2.14. The Morgan fingerprint density at radius 3 is 3.06 bits per heavy atom. The van der Waals surface area contributed by atoms with E-state index in [-0.39, 0.29) is 11.4 Å². The summed E-state index contributed by atoms with van der Waals surface area (Å²) in [5.41, 5.74) is -0.200. The fraction of sp³-hybridized carbons (Fsp3) is 0.273. The number of nitriles is 1. The molecule has 6 nitrogen and oxygen atoms in total. The summed E-state index contributed by atoms with van der Waals surface area (Å²) in [5, 5.41) is 8.88. The zero-order chi connectivity index (χ0) is 11.8. The normalized spacial score (nSPS) is 14.5. The van der Waals surface area contributed by atoms with Gasteiger partial charge in [-0.3, -0.25) is 9.36 Å². The fourth-order valence-corrected chi connectivity index (χ4v) is 1.71. The van der Waals surface area contributed by atoms with Crippen LogP contribution in [-0.4, -0.2) is 19.5 Å². The SMILES string of the molecule is N#Cc1nccn1-c1cc(=O)[nH]c(C2CC2)n1. The molecule has 1 aliphatic rings. The molecule has 0 radical (unpaired) electrons. The molecular weight excluding hydrogens is 218 g/mol. The van der Waals surface area contributed by atoms with E-state index in [0.717, 1.165) is 12.8 Å². The average molecular weight is 227 g/mol. The maximum absolute atomic E-state index is 11.5. The summed E-state index contributed by atoms with van der Waals surface area (Å²) in [5.74, 6) is 1.73. The molecule has 0 amide bonds. The second kappa shape index (κ2) is 3.56. The van der Waals surface area contributed by atoms with Crippen LogP contribution in [0.15, 0.2) is 23.3 Å². The third-order valence-corrected chi connectivity index (χ3v) is 2.70. The summed E-state index contributed by atoms with van der Waals surface area (Å²) in [6, 6.07) is 3.33. The largest absolute Gasteiger partial charge is 0.310 e. The predicted octanol–water partition coefficient (Wildman–Crippen LogP) is 0.705. The summed E-state index contributed by atoms with van der Waals surface area (Å²) >= 11 is 0. The summed E-state index contributed by atoms with van der Waals surface area (Å²) in [6.45, 7) is 0. The molecule has 17 heavy (non-hydrogen) atoms. The van der Waals surface area contributed by atoms with Gasteiger partial charge in [-0.05, 0) is 12.8 Å². The highest BCUT2D eigenvalue weighted by atomic mass is 16.1. The van der Waals surface area contributed by atoms with Crippen molar-refractivity contribution in [3.05, 3.63) is 40.5 Å². The van der Waals surface area contributed by atoms with Crippen molar-refractivity contribution in [1.82, 2.24) is 19.5 Å². The number of rotatable bonds is 2. The number of nitrogens with zero attached hydrogens (tertiary/aromatic N) is 4. The average Bonchev–Trinajstić information content (AvgIpc) is 3.06. The van der Waals surface area contributed by atoms with E-state index in [1.165, 1.54) is 16.8 Å². The maximum atomic E-state index is 11.5. The first-order valence-corrected chi connectivity index (χ1v) is 5.33. The molecule has 1 fully saturated rings. The van der Waals surface area contributed by atoms with E-state index in [1.54, 1.807) is 6.20 Å². The minimum Gasteiger partial charge on any atom is -0.310 e. The van der Waals surface area contributed by atoms with Gasteiger partial charge in [-0.15, -0.1) is 0 Å². The second-order valence-electron chi connectivity index (χ2n) is 4.00. The van der Waals surface area contributed by atoms with Gasteiger partial charge >= 0.3 is 0 Å². The topological polar surface area (TPSA) is 87.4 Å². The Labute approximate surface area is 96.6 Å². The Hall–Kier alpha value is -2.42. The lowest BCUT2D eigenvalue weighted by Gasteiger charge is -2.04. The lowest BCUT2D eigenvalue weighted by atomic mass is 10.4. The number of nitrogens with one attached hydrogen (secondary N) is 1. The molecule has 1 saturated carbocycles. The van der Waals surface area contributed by atoms with Gasteiger partial charge < -0.3 is 4.98 Å². The Morgan fingerprint density at radius 1 is 1.53 bits per heavy atom. The van der Waals surface area contributed by atoms with E-state index < -0.39 is 0 Å². The molecule has 0 unspecified atom stereocenters. The van der Waals surface area contributed by atoms with Gasteiger partial charge in [-0.25, -0.2) is 9.97 Å². The Morgan fingerprint density at radius 2 is 2.35 bits per heavy atom. The fourth-order valence-electron chi connectivity index (χ4n) is 1.71. The molecule has 0 bridgehead atoms. The summed E-state index contributed by atoms with van der Waals surface area (Å²) in [4.78, 5) is 22.5. The van der Waals surface area contributed by atoms with Crippen molar-refractivity contribution in [3.8, 4) is 11.9 Å². The number of hydrogen-bond donors (Lipinski definition) is 1. The van der Waals surface area contributed by atoms with Gasteiger partial charge in [0, 0.05) is 24.4 Å². The number of imidazole rings is 1. The molecule has 2 aromatic rings. The van der Waals surface area contributed by atoms with Crippen LogP contribution in [0.5, 0.6) is 0 Å². The van der Waals surface area contributed by atoms with Gasteiger partial charge in [0.25, 0.3) is 5.56 Å². The van der Waals surface area contributed by atoms with Crippen molar-refractivity contribution in [2.75, 3.05) is 0 Å². The highest BCUT2D eigenvalue weighted by Gasteiger charge is 2.26. The number of aromatic nitrogens is 4. The smallest absolute Gasteiger partial charge is 0.253 e. The number of H-pyrrole nitrogens is 1. The van der Waals surface area contributed by atoms with E-state index in [9.17, 15) is 4.79 Å². The molecule has 2 aromatic heterocycles. The minimum absolute atomic E-state index is 0.200. The van der Waals surface area contributed by atoms with Crippen molar-refractivity contribution >= 4 is 0 Å². The second-order valence-corrected chi connectivity index (χ2v) is 4.00. The van der Waals surface area contributed by atoms with Crippen LogP contribution in [0, 0.1) is 11.3 Å².